The number of amides is 2. The summed E-state index contributed by atoms with van der Waals surface area (Å²) in [6.45, 7) is 10.5. The van der Waals surface area contributed by atoms with Crippen LogP contribution in [-0.4, -0.2) is 59.3 Å². The number of aliphatic imine (C=N–C) groups is 2. The molecule has 0 saturated carbocycles. The van der Waals surface area contributed by atoms with Gasteiger partial charge in [-0.1, -0.05) is 13.5 Å². The molecule has 0 aromatic rings. The van der Waals surface area contributed by atoms with E-state index in [-0.39, 0.29) is 11.8 Å². The van der Waals surface area contributed by atoms with Crippen LogP contribution in [-0.2, 0) is 9.59 Å². The Morgan fingerprint density at radius 2 is 2.29 bits per heavy atom. The first-order chi connectivity index (χ1) is 10.1. The van der Waals surface area contributed by atoms with Crippen LogP contribution in [0.5, 0.6) is 0 Å². The molecule has 2 amide bonds. The van der Waals surface area contributed by atoms with E-state index >= 15 is 0 Å². The zero-order valence-corrected chi connectivity index (χ0v) is 12.5. The van der Waals surface area contributed by atoms with E-state index in [9.17, 15) is 9.59 Å². The molecule has 1 spiro atoms. The molecule has 2 heterocycles. The summed E-state index contributed by atoms with van der Waals surface area (Å²) in [5.74, 6) is 0.562. The van der Waals surface area contributed by atoms with E-state index in [1.165, 1.54) is 6.20 Å². The maximum Gasteiger partial charge on any atom is 0.250 e. The van der Waals surface area contributed by atoms with Gasteiger partial charge in [0.05, 0.1) is 13.1 Å². The van der Waals surface area contributed by atoms with Crippen LogP contribution in [0.25, 0.3) is 0 Å². The molecule has 0 aromatic carbocycles. The topological polar surface area (TPSA) is 65.3 Å². The lowest BCUT2D eigenvalue weighted by Gasteiger charge is -2.51. The minimum Gasteiger partial charge on any atom is -0.330 e. The molecule has 2 fully saturated rings. The van der Waals surface area contributed by atoms with Crippen LogP contribution in [0.1, 0.15) is 32.6 Å². The first kappa shape index (κ1) is 15.4. The Morgan fingerprint density at radius 3 is 2.86 bits per heavy atom. The average molecular weight is 290 g/mol. The van der Waals surface area contributed by atoms with Crippen LogP contribution in [0.2, 0.25) is 0 Å². The normalized spacial score (nSPS) is 25.2. The van der Waals surface area contributed by atoms with E-state index in [0.29, 0.717) is 31.9 Å². The third-order valence-electron chi connectivity index (χ3n) is 4.15. The zero-order chi connectivity index (χ0) is 15.5. The van der Waals surface area contributed by atoms with E-state index in [1.807, 2.05) is 6.92 Å². The molecule has 0 aliphatic carbocycles. The zero-order valence-electron chi connectivity index (χ0n) is 12.5. The Bertz CT molecular complexity index is 500. The molecule has 0 bridgehead atoms. The summed E-state index contributed by atoms with van der Waals surface area (Å²) in [5, 5.41) is 0. The van der Waals surface area contributed by atoms with Crippen LogP contribution < -0.4 is 0 Å². The molecule has 2 aliphatic heterocycles. The predicted molar refractivity (Wildman–Crippen MR) is 82.3 cm³/mol. The van der Waals surface area contributed by atoms with Gasteiger partial charge in [0.25, 0.3) is 5.91 Å². The van der Waals surface area contributed by atoms with Crippen molar-refractivity contribution < 1.29 is 9.59 Å². The molecule has 0 aromatic heterocycles. The highest BCUT2D eigenvalue weighted by atomic mass is 16.2. The minimum atomic E-state index is -0.604. The van der Waals surface area contributed by atoms with E-state index in [1.54, 1.807) is 9.80 Å². The lowest BCUT2D eigenvalue weighted by Crippen LogP contribution is -2.73. The van der Waals surface area contributed by atoms with Gasteiger partial charge in [-0.2, -0.15) is 0 Å². The van der Waals surface area contributed by atoms with Gasteiger partial charge in [-0.15, -0.1) is 0 Å². The first-order valence-corrected chi connectivity index (χ1v) is 7.33. The van der Waals surface area contributed by atoms with Gasteiger partial charge in [0.2, 0.25) is 5.91 Å². The second kappa shape index (κ2) is 6.20. The van der Waals surface area contributed by atoms with Gasteiger partial charge in [-0.3, -0.25) is 9.59 Å². The number of hydrogen-bond acceptors (Lipinski definition) is 3. The predicted octanol–water partition coefficient (Wildman–Crippen LogP) is 1.23. The highest BCUT2D eigenvalue weighted by molar-refractivity contribution is 6.00. The standard InChI is InChI=1S/C15H22N4O2/c1-4-7-13(20)19-9-6-8-15(19)11-18(14(15)21)10-12(16-3)17-5-2/h5H,2-4,6-11H2,1H3. The fourth-order valence-electron chi connectivity index (χ4n) is 3.17. The quantitative estimate of drug-likeness (QED) is 0.434. The van der Waals surface area contributed by atoms with Crippen molar-refractivity contribution in [3.63, 3.8) is 0 Å². The molecule has 6 nitrogen and oxygen atoms in total. The second-order valence-corrected chi connectivity index (χ2v) is 5.48. The lowest BCUT2D eigenvalue weighted by molar-refractivity contribution is -0.166. The monoisotopic (exact) mass is 290 g/mol. The highest BCUT2D eigenvalue weighted by Crippen LogP contribution is 2.39. The van der Waals surface area contributed by atoms with Gasteiger partial charge >= 0.3 is 0 Å². The van der Waals surface area contributed by atoms with Crippen molar-refractivity contribution in [2.75, 3.05) is 19.6 Å². The van der Waals surface area contributed by atoms with Crippen molar-refractivity contribution in [2.24, 2.45) is 9.98 Å². The summed E-state index contributed by atoms with van der Waals surface area (Å²) in [5.41, 5.74) is -0.604. The van der Waals surface area contributed by atoms with Crippen molar-refractivity contribution >= 4 is 24.4 Å². The van der Waals surface area contributed by atoms with Crippen LogP contribution in [0.15, 0.2) is 22.8 Å². The Kier molecular flexibility index (Phi) is 4.55. The third kappa shape index (κ3) is 2.62. The molecule has 21 heavy (non-hydrogen) atoms. The summed E-state index contributed by atoms with van der Waals surface area (Å²) in [7, 11) is 0. The molecule has 114 valence electrons. The molecule has 2 aliphatic rings. The summed E-state index contributed by atoms with van der Waals surface area (Å²) in [6, 6.07) is 0. The Hall–Kier alpha value is -1.98. The van der Waals surface area contributed by atoms with Gasteiger partial charge in [-0.25, -0.2) is 9.98 Å². The van der Waals surface area contributed by atoms with Gasteiger partial charge in [0.1, 0.15) is 11.4 Å². The summed E-state index contributed by atoms with van der Waals surface area (Å²) >= 11 is 0. The molecule has 1 atom stereocenters. The van der Waals surface area contributed by atoms with Crippen LogP contribution in [0.3, 0.4) is 0 Å². The number of hydrogen-bond donors (Lipinski definition) is 0. The van der Waals surface area contributed by atoms with Gasteiger partial charge in [0.15, 0.2) is 0 Å². The molecular weight excluding hydrogens is 268 g/mol. The van der Waals surface area contributed by atoms with Crippen LogP contribution in [0, 0.1) is 0 Å². The first-order valence-electron chi connectivity index (χ1n) is 7.33. The molecule has 0 radical (unpaired) electrons. The van der Waals surface area contributed by atoms with Gasteiger partial charge in [0, 0.05) is 19.2 Å². The summed E-state index contributed by atoms with van der Waals surface area (Å²) in [6.07, 6.45) is 4.35. The Morgan fingerprint density at radius 1 is 1.52 bits per heavy atom. The molecule has 0 N–H and O–H groups in total. The van der Waals surface area contributed by atoms with Gasteiger partial charge < -0.3 is 9.80 Å². The smallest absolute Gasteiger partial charge is 0.250 e. The maximum absolute atomic E-state index is 12.5. The summed E-state index contributed by atoms with van der Waals surface area (Å²) in [4.78, 5) is 35.9. The average Bonchev–Trinajstić information content (AvgIpc) is 2.92. The number of carbonyl (C=O) groups is 2. The van der Waals surface area contributed by atoms with E-state index in [2.05, 4.69) is 23.3 Å². The second-order valence-electron chi connectivity index (χ2n) is 5.48. The van der Waals surface area contributed by atoms with E-state index in [4.69, 9.17) is 0 Å². The minimum absolute atomic E-state index is 0.00450. The van der Waals surface area contributed by atoms with Crippen molar-refractivity contribution in [1.29, 1.82) is 0 Å². The molecule has 6 heteroatoms. The number of amidine groups is 1. The van der Waals surface area contributed by atoms with Crippen molar-refractivity contribution in [3.8, 4) is 0 Å². The van der Waals surface area contributed by atoms with E-state index in [0.717, 1.165) is 19.3 Å². The number of rotatable bonds is 5. The fraction of sp³-hybridized carbons (Fsp3) is 0.600. The summed E-state index contributed by atoms with van der Waals surface area (Å²) < 4.78 is 0. The fourth-order valence-corrected chi connectivity index (χ4v) is 3.17. The van der Waals surface area contributed by atoms with E-state index < -0.39 is 5.54 Å². The van der Waals surface area contributed by atoms with Crippen molar-refractivity contribution in [3.05, 3.63) is 12.8 Å². The molecular formula is C15H22N4O2. The van der Waals surface area contributed by atoms with Crippen molar-refractivity contribution in [1.82, 2.24) is 9.80 Å². The lowest BCUT2D eigenvalue weighted by atomic mass is 9.85. The maximum atomic E-state index is 12.5. The number of likely N-dealkylation sites (tertiary alicyclic amines) is 2. The number of carbonyl (C=O) groups excluding carboxylic acids is 2. The molecule has 2 rings (SSSR count). The Labute approximate surface area is 125 Å². The number of β-lactam (4-membered cyclic amide) rings is 1. The Balaban J connectivity index is 2.05. The highest BCUT2D eigenvalue weighted by Gasteiger charge is 2.59. The van der Waals surface area contributed by atoms with Crippen molar-refractivity contribution in [2.45, 2.75) is 38.1 Å². The van der Waals surface area contributed by atoms with Gasteiger partial charge in [-0.05, 0) is 26.0 Å². The SMILES string of the molecule is C=CN=C(CN1CC2(CCCN2C(=O)CCC)C1=O)N=C. The molecule has 2 saturated heterocycles. The molecule has 1 unspecified atom stereocenters. The van der Waals surface area contributed by atoms with Crippen LogP contribution >= 0.6 is 0 Å². The van der Waals surface area contributed by atoms with Crippen LogP contribution in [0.4, 0.5) is 0 Å². The third-order valence-corrected chi connectivity index (χ3v) is 4.15. The number of nitrogens with zero attached hydrogens (tertiary/aromatic N) is 4. The largest absolute Gasteiger partial charge is 0.330 e.